The second kappa shape index (κ2) is 10.7. The van der Waals surface area contributed by atoms with E-state index in [2.05, 4.69) is 31.9 Å². The van der Waals surface area contributed by atoms with Gasteiger partial charge in [0, 0.05) is 33.5 Å². The van der Waals surface area contributed by atoms with Gasteiger partial charge >= 0.3 is 5.97 Å². The van der Waals surface area contributed by atoms with Crippen LogP contribution in [0.2, 0.25) is 0 Å². The van der Waals surface area contributed by atoms with Crippen molar-refractivity contribution in [2.75, 3.05) is 6.54 Å². The normalized spacial score (nSPS) is 10.6. The molecule has 8 heteroatoms. The number of hydrogen-bond donors (Lipinski definition) is 0. The van der Waals surface area contributed by atoms with Gasteiger partial charge in [-0.2, -0.15) is 0 Å². The average Bonchev–Trinajstić information content (AvgIpc) is 2.72. The van der Waals surface area contributed by atoms with Gasteiger partial charge in [0.05, 0.1) is 5.56 Å². The average molecular weight is 540 g/mol. The molecular formula is C22H24Br2N2O4. The van der Waals surface area contributed by atoms with Crippen molar-refractivity contribution >= 4 is 49.6 Å². The van der Waals surface area contributed by atoms with Gasteiger partial charge in [-0.3, -0.25) is 14.4 Å². The van der Waals surface area contributed by atoms with Crippen LogP contribution in [0, 0.1) is 0 Å². The maximum atomic E-state index is 13.4. The zero-order valence-corrected chi connectivity index (χ0v) is 20.5. The maximum Gasteiger partial charge on any atom is 0.310 e. The quantitative estimate of drug-likeness (QED) is 0.278. The van der Waals surface area contributed by atoms with Gasteiger partial charge in [0.25, 0.3) is 11.8 Å². The Morgan fingerprint density at radius 2 is 1.70 bits per heavy atom. The second-order valence-corrected chi connectivity index (χ2v) is 8.51. The fourth-order valence-electron chi connectivity index (χ4n) is 2.85. The zero-order valence-electron chi connectivity index (χ0n) is 17.3. The van der Waals surface area contributed by atoms with E-state index in [4.69, 9.17) is 4.74 Å². The van der Waals surface area contributed by atoms with Gasteiger partial charge in [0.1, 0.15) is 5.75 Å². The number of carbonyl (C=O) groups excluding carboxylic acids is 3. The highest BCUT2D eigenvalue weighted by Crippen LogP contribution is 2.25. The van der Waals surface area contributed by atoms with Gasteiger partial charge in [-0.25, -0.2) is 10.0 Å². The van der Waals surface area contributed by atoms with E-state index in [0.29, 0.717) is 21.3 Å². The molecule has 0 unspecified atom stereocenters. The molecule has 0 spiro atoms. The van der Waals surface area contributed by atoms with Crippen LogP contribution >= 0.6 is 31.9 Å². The summed E-state index contributed by atoms with van der Waals surface area (Å²) in [5, 5.41) is 2.85. The Kier molecular flexibility index (Phi) is 8.61. The van der Waals surface area contributed by atoms with E-state index < -0.39 is 0 Å². The Balaban J connectivity index is 2.40. The van der Waals surface area contributed by atoms with Crippen LogP contribution < -0.4 is 4.74 Å². The molecule has 0 heterocycles. The number of hydrogen-bond acceptors (Lipinski definition) is 4. The molecule has 0 bridgehead atoms. The number of amides is 2. The zero-order chi connectivity index (χ0) is 22.4. The Hall–Kier alpha value is -2.19. The highest BCUT2D eigenvalue weighted by molar-refractivity contribution is 9.11. The summed E-state index contributed by atoms with van der Waals surface area (Å²) in [6.45, 7) is 7.48. The summed E-state index contributed by atoms with van der Waals surface area (Å²) < 4.78 is 6.62. The summed E-state index contributed by atoms with van der Waals surface area (Å²) in [7, 11) is 0. The minimum Gasteiger partial charge on any atom is -0.427 e. The van der Waals surface area contributed by atoms with Gasteiger partial charge < -0.3 is 4.74 Å². The SMILES string of the molecule is CCC(=O)Oc1cccc(C(=O)N(CC)N(C(=O)c2cc(Br)ccc2Br)C(C)C)c1. The van der Waals surface area contributed by atoms with Gasteiger partial charge in [-0.05, 0) is 73.1 Å². The molecule has 2 aromatic carbocycles. The Morgan fingerprint density at radius 3 is 2.30 bits per heavy atom. The molecule has 0 aliphatic rings. The van der Waals surface area contributed by atoms with Gasteiger partial charge in [0.15, 0.2) is 0 Å². The van der Waals surface area contributed by atoms with E-state index >= 15 is 0 Å². The van der Waals surface area contributed by atoms with Crippen molar-refractivity contribution in [2.24, 2.45) is 0 Å². The second-order valence-electron chi connectivity index (χ2n) is 6.74. The predicted molar refractivity (Wildman–Crippen MR) is 122 cm³/mol. The molecule has 0 saturated heterocycles. The molecule has 2 rings (SSSR count). The summed E-state index contributed by atoms with van der Waals surface area (Å²) in [5.41, 5.74) is 0.764. The number of halogens is 2. The molecule has 0 aliphatic carbocycles. The summed E-state index contributed by atoms with van der Waals surface area (Å²) >= 11 is 6.81. The highest BCUT2D eigenvalue weighted by atomic mass is 79.9. The molecular weight excluding hydrogens is 516 g/mol. The third kappa shape index (κ3) is 5.70. The number of hydrazine groups is 1. The summed E-state index contributed by atoms with van der Waals surface area (Å²) in [5.74, 6) is -0.756. The third-order valence-corrected chi connectivity index (χ3v) is 5.44. The number of ether oxygens (including phenoxy) is 1. The van der Waals surface area contributed by atoms with Crippen LogP contribution in [0.25, 0.3) is 0 Å². The van der Waals surface area contributed by atoms with Crippen molar-refractivity contribution < 1.29 is 19.1 Å². The number of benzene rings is 2. The van der Waals surface area contributed by atoms with E-state index in [1.54, 1.807) is 44.2 Å². The molecule has 0 aromatic heterocycles. The lowest BCUT2D eigenvalue weighted by Gasteiger charge is -2.37. The van der Waals surface area contributed by atoms with Gasteiger partial charge in [-0.1, -0.05) is 28.9 Å². The Labute approximate surface area is 193 Å². The molecule has 0 saturated carbocycles. The first-order valence-corrected chi connectivity index (χ1v) is 11.2. The van der Waals surface area contributed by atoms with Crippen molar-refractivity contribution in [3.8, 4) is 5.75 Å². The minimum atomic E-state index is -0.384. The lowest BCUT2D eigenvalue weighted by Crippen LogP contribution is -2.53. The van der Waals surface area contributed by atoms with Crippen LogP contribution in [0.3, 0.4) is 0 Å². The van der Waals surface area contributed by atoms with Crippen molar-refractivity contribution in [1.29, 1.82) is 0 Å². The molecule has 6 nitrogen and oxygen atoms in total. The molecule has 30 heavy (non-hydrogen) atoms. The van der Waals surface area contributed by atoms with E-state index in [1.165, 1.54) is 16.1 Å². The highest BCUT2D eigenvalue weighted by Gasteiger charge is 2.30. The first-order chi connectivity index (χ1) is 14.2. The molecule has 0 atom stereocenters. The largest absolute Gasteiger partial charge is 0.427 e. The van der Waals surface area contributed by atoms with E-state index in [-0.39, 0.29) is 36.8 Å². The van der Waals surface area contributed by atoms with Crippen LogP contribution in [0.15, 0.2) is 51.4 Å². The van der Waals surface area contributed by atoms with Crippen molar-refractivity contribution in [1.82, 2.24) is 10.0 Å². The summed E-state index contributed by atoms with van der Waals surface area (Å²) in [6.07, 6.45) is 0.233. The summed E-state index contributed by atoms with van der Waals surface area (Å²) in [6, 6.07) is 11.4. The number of nitrogens with zero attached hydrogens (tertiary/aromatic N) is 2. The van der Waals surface area contributed by atoms with Crippen LogP contribution in [0.1, 0.15) is 54.8 Å². The smallest absolute Gasteiger partial charge is 0.310 e. The van der Waals surface area contributed by atoms with Crippen molar-refractivity contribution in [3.05, 3.63) is 62.5 Å². The van der Waals surface area contributed by atoms with E-state index in [1.807, 2.05) is 19.9 Å². The first kappa shape index (κ1) is 24.1. The van der Waals surface area contributed by atoms with Crippen LogP contribution in [0.5, 0.6) is 5.75 Å². The Morgan fingerprint density at radius 1 is 1.00 bits per heavy atom. The number of rotatable bonds is 6. The van der Waals surface area contributed by atoms with Crippen molar-refractivity contribution in [3.63, 3.8) is 0 Å². The fourth-order valence-corrected chi connectivity index (χ4v) is 3.62. The molecule has 0 radical (unpaired) electrons. The molecule has 0 N–H and O–H groups in total. The molecule has 2 amide bonds. The van der Waals surface area contributed by atoms with E-state index in [9.17, 15) is 14.4 Å². The Bertz CT molecular complexity index is 946. The number of carbonyl (C=O) groups is 3. The van der Waals surface area contributed by atoms with Crippen molar-refractivity contribution in [2.45, 2.75) is 40.2 Å². The number of esters is 1. The lowest BCUT2D eigenvalue weighted by atomic mass is 10.1. The topological polar surface area (TPSA) is 66.9 Å². The lowest BCUT2D eigenvalue weighted by molar-refractivity contribution is -0.134. The fraction of sp³-hybridized carbons (Fsp3) is 0.318. The molecule has 0 fully saturated rings. The maximum absolute atomic E-state index is 13.4. The van der Waals surface area contributed by atoms with E-state index in [0.717, 1.165) is 4.47 Å². The van der Waals surface area contributed by atoms with Crippen LogP contribution in [0.4, 0.5) is 0 Å². The minimum absolute atomic E-state index is 0.233. The monoisotopic (exact) mass is 538 g/mol. The summed E-state index contributed by atoms with van der Waals surface area (Å²) in [4.78, 5) is 38.2. The standard InChI is InChI=1S/C22H24Br2N2O4/c1-5-20(27)30-17-9-7-8-15(12-17)21(28)25(6-2)26(14(3)4)22(29)18-13-16(23)10-11-19(18)24/h7-14H,5-6H2,1-4H3. The van der Waals surface area contributed by atoms with Gasteiger partial charge in [-0.15, -0.1) is 0 Å². The van der Waals surface area contributed by atoms with Crippen LogP contribution in [-0.4, -0.2) is 40.4 Å². The first-order valence-electron chi connectivity index (χ1n) is 9.60. The molecule has 160 valence electrons. The molecule has 2 aromatic rings. The van der Waals surface area contributed by atoms with Crippen LogP contribution in [-0.2, 0) is 4.79 Å². The third-order valence-electron chi connectivity index (χ3n) is 4.25. The molecule has 0 aliphatic heterocycles. The van der Waals surface area contributed by atoms with Gasteiger partial charge in [0.2, 0.25) is 0 Å². The predicted octanol–water partition coefficient (Wildman–Crippen LogP) is 5.45.